The molecule has 8 heteroatoms. The number of hydrogen-bond donors (Lipinski definition) is 3. The second-order valence-corrected chi connectivity index (χ2v) is 7.67. The van der Waals surface area contributed by atoms with E-state index in [-0.39, 0.29) is 11.6 Å². The summed E-state index contributed by atoms with van der Waals surface area (Å²) in [5.74, 6) is -0.0982. The highest BCUT2D eigenvalue weighted by Gasteiger charge is 2.21. The van der Waals surface area contributed by atoms with Gasteiger partial charge in [0, 0.05) is 28.6 Å². The molecule has 0 bridgehead atoms. The van der Waals surface area contributed by atoms with Crippen LogP contribution in [0.1, 0.15) is 16.7 Å². The molecular weight excluding hydrogens is 418 g/mol. The largest absolute Gasteiger partial charge is 0.494 e. The first kappa shape index (κ1) is 20.2. The number of nitro benzene ring substituents is 1. The maximum absolute atomic E-state index is 11.4. The van der Waals surface area contributed by atoms with Crippen LogP contribution in [0.4, 0.5) is 11.4 Å². The fourth-order valence-corrected chi connectivity index (χ4v) is 3.75. The molecular formula is C25H19N5O3. The molecule has 0 atom stereocenters. The molecule has 3 N–H and O–H groups in total. The average molecular weight is 437 g/mol. The van der Waals surface area contributed by atoms with Crippen molar-refractivity contribution in [2.45, 2.75) is 6.92 Å². The fourth-order valence-electron chi connectivity index (χ4n) is 3.75. The van der Waals surface area contributed by atoms with Crippen LogP contribution in [0.3, 0.4) is 0 Å². The zero-order valence-corrected chi connectivity index (χ0v) is 17.6. The number of aryl methyl sites for hydroxylation is 1. The first-order chi connectivity index (χ1) is 16.0. The van der Waals surface area contributed by atoms with Gasteiger partial charge >= 0.3 is 0 Å². The summed E-state index contributed by atoms with van der Waals surface area (Å²) in [6.07, 6.45) is 3.36. The monoisotopic (exact) mass is 437 g/mol. The summed E-state index contributed by atoms with van der Waals surface area (Å²) in [4.78, 5) is 25.8. The summed E-state index contributed by atoms with van der Waals surface area (Å²) < 4.78 is 0. The first-order valence-corrected chi connectivity index (χ1v) is 10.2. The number of imidazole rings is 1. The van der Waals surface area contributed by atoms with Gasteiger partial charge in [-0.2, -0.15) is 0 Å². The van der Waals surface area contributed by atoms with E-state index in [1.807, 2.05) is 55.5 Å². The van der Waals surface area contributed by atoms with Gasteiger partial charge in [-0.25, -0.2) is 9.98 Å². The Hall–Kier alpha value is -4.72. The van der Waals surface area contributed by atoms with E-state index in [1.165, 1.54) is 12.1 Å². The van der Waals surface area contributed by atoms with Gasteiger partial charge < -0.3 is 15.1 Å². The number of rotatable bonds is 5. The van der Waals surface area contributed by atoms with Crippen molar-refractivity contribution in [1.82, 2.24) is 15.0 Å². The Bertz CT molecular complexity index is 1480. The number of nitrogens with zero attached hydrogens (tertiary/aromatic N) is 3. The van der Waals surface area contributed by atoms with Crippen molar-refractivity contribution in [3.8, 4) is 17.1 Å². The Balaban J connectivity index is 1.69. The van der Waals surface area contributed by atoms with Crippen LogP contribution in [0.25, 0.3) is 22.2 Å². The average Bonchev–Trinajstić information content (AvgIpc) is 3.46. The number of aliphatic imine (C=N–C) groups is 1. The molecule has 8 nitrogen and oxygen atoms in total. The van der Waals surface area contributed by atoms with Gasteiger partial charge in [0.25, 0.3) is 5.69 Å². The highest BCUT2D eigenvalue weighted by molar-refractivity contribution is 6.22. The van der Waals surface area contributed by atoms with Crippen LogP contribution in [-0.4, -0.2) is 30.7 Å². The molecule has 5 aromatic rings. The molecule has 162 valence electrons. The summed E-state index contributed by atoms with van der Waals surface area (Å²) in [5.41, 5.74) is 5.84. The number of benzene rings is 3. The molecule has 3 aromatic carbocycles. The number of nitrogens with one attached hydrogen (secondary N) is 2. The number of aromatic amines is 2. The van der Waals surface area contributed by atoms with E-state index >= 15 is 0 Å². The van der Waals surface area contributed by atoms with Gasteiger partial charge in [-0.1, -0.05) is 42.0 Å². The number of aromatic nitrogens is 3. The second kappa shape index (κ2) is 8.08. The Morgan fingerprint density at radius 3 is 2.48 bits per heavy atom. The Labute approximate surface area is 188 Å². The van der Waals surface area contributed by atoms with Crippen LogP contribution in [-0.2, 0) is 0 Å². The molecule has 0 aliphatic heterocycles. The van der Waals surface area contributed by atoms with Crippen molar-refractivity contribution in [2.75, 3.05) is 0 Å². The molecule has 5 rings (SSSR count). The van der Waals surface area contributed by atoms with E-state index in [0.717, 1.165) is 22.4 Å². The van der Waals surface area contributed by atoms with Crippen molar-refractivity contribution in [2.24, 2.45) is 4.99 Å². The van der Waals surface area contributed by atoms with Crippen molar-refractivity contribution >= 4 is 28.0 Å². The molecule has 0 radical (unpaired) electrons. The fraction of sp³-hybridized carbons (Fsp3) is 0.0400. The van der Waals surface area contributed by atoms with Crippen molar-refractivity contribution in [1.29, 1.82) is 0 Å². The highest BCUT2D eigenvalue weighted by atomic mass is 16.6. The number of non-ortho nitro benzene ring substituents is 1. The third-order valence-electron chi connectivity index (χ3n) is 5.45. The van der Waals surface area contributed by atoms with E-state index in [1.54, 1.807) is 18.6 Å². The maximum atomic E-state index is 11.4. The second-order valence-electron chi connectivity index (χ2n) is 7.67. The number of H-pyrrole nitrogens is 2. The first-order valence-electron chi connectivity index (χ1n) is 10.2. The lowest BCUT2D eigenvalue weighted by Gasteiger charge is -2.09. The van der Waals surface area contributed by atoms with Crippen LogP contribution < -0.4 is 0 Å². The quantitative estimate of drug-likeness (QED) is 0.187. The summed E-state index contributed by atoms with van der Waals surface area (Å²) in [6.45, 7) is 1.99. The minimum absolute atomic E-state index is 0.0603. The topological polar surface area (TPSA) is 120 Å². The minimum atomic E-state index is -0.454. The molecule has 0 saturated heterocycles. The van der Waals surface area contributed by atoms with Gasteiger partial charge in [0.15, 0.2) is 5.88 Å². The Kier molecular flexibility index (Phi) is 4.95. The van der Waals surface area contributed by atoms with E-state index in [4.69, 9.17) is 4.99 Å². The van der Waals surface area contributed by atoms with Crippen molar-refractivity contribution < 1.29 is 10.0 Å². The van der Waals surface area contributed by atoms with Gasteiger partial charge in [-0.05, 0) is 30.7 Å². The molecule has 0 spiro atoms. The Morgan fingerprint density at radius 1 is 1.06 bits per heavy atom. The van der Waals surface area contributed by atoms with Crippen LogP contribution >= 0.6 is 0 Å². The zero-order chi connectivity index (χ0) is 22.9. The van der Waals surface area contributed by atoms with E-state index < -0.39 is 4.92 Å². The highest BCUT2D eigenvalue weighted by Crippen LogP contribution is 2.34. The number of aromatic hydroxyl groups is 1. The van der Waals surface area contributed by atoms with Crippen molar-refractivity contribution in [3.05, 3.63) is 106 Å². The molecule has 0 aliphatic carbocycles. The van der Waals surface area contributed by atoms with Gasteiger partial charge in [0.05, 0.1) is 40.1 Å². The summed E-state index contributed by atoms with van der Waals surface area (Å²) in [7, 11) is 0. The minimum Gasteiger partial charge on any atom is -0.494 e. The normalized spacial score (nSPS) is 11.7. The third-order valence-corrected chi connectivity index (χ3v) is 5.45. The molecule has 0 fully saturated rings. The lowest BCUT2D eigenvalue weighted by Crippen LogP contribution is -2.03. The van der Waals surface area contributed by atoms with Crippen LogP contribution in [0, 0.1) is 17.0 Å². The Morgan fingerprint density at radius 2 is 1.82 bits per heavy atom. The molecule has 2 heterocycles. The summed E-state index contributed by atoms with van der Waals surface area (Å²) in [6, 6.07) is 19.8. The predicted molar refractivity (Wildman–Crippen MR) is 127 cm³/mol. The predicted octanol–water partition coefficient (Wildman–Crippen LogP) is 5.65. The third kappa shape index (κ3) is 3.85. The molecule has 33 heavy (non-hydrogen) atoms. The van der Waals surface area contributed by atoms with Crippen molar-refractivity contribution in [3.63, 3.8) is 0 Å². The maximum Gasteiger partial charge on any atom is 0.270 e. The summed E-state index contributed by atoms with van der Waals surface area (Å²) >= 11 is 0. The molecule has 0 amide bonds. The molecule has 2 aromatic heterocycles. The van der Waals surface area contributed by atoms with Gasteiger partial charge in [-0.15, -0.1) is 0 Å². The van der Waals surface area contributed by atoms with Crippen LogP contribution in [0.2, 0.25) is 0 Å². The summed E-state index contributed by atoms with van der Waals surface area (Å²) in [5, 5.41) is 22.7. The van der Waals surface area contributed by atoms with E-state index in [9.17, 15) is 15.2 Å². The lowest BCUT2D eigenvalue weighted by atomic mass is 9.99. The SMILES string of the molecule is Cc1ccc(C(=Nc2ccc(-c3cnc[nH]3)cc2)c2c(O)[nH]c3ccc([N+](=O)[O-])cc23)cc1. The number of nitro groups is 1. The van der Waals surface area contributed by atoms with Gasteiger partial charge in [0.1, 0.15) is 0 Å². The molecule has 0 unspecified atom stereocenters. The van der Waals surface area contributed by atoms with Gasteiger partial charge in [0.2, 0.25) is 0 Å². The number of fused-ring (bicyclic) bond motifs is 1. The zero-order valence-electron chi connectivity index (χ0n) is 17.6. The van der Waals surface area contributed by atoms with Crippen LogP contribution in [0.15, 0.2) is 84.2 Å². The molecule has 0 aliphatic rings. The van der Waals surface area contributed by atoms with E-state index in [2.05, 4.69) is 15.0 Å². The number of hydrogen-bond acceptors (Lipinski definition) is 5. The smallest absolute Gasteiger partial charge is 0.270 e. The standard InChI is InChI=1S/C25H19N5O3/c1-15-2-4-17(5-3-15)24(28-18-8-6-16(7-9-18)22-13-26-14-27-22)23-20-12-19(30(32)33)10-11-21(20)29-25(23)31/h2-14,29,31H,1H3,(H,26,27). The molecule has 0 saturated carbocycles. The van der Waals surface area contributed by atoms with Gasteiger partial charge in [-0.3, -0.25) is 10.1 Å². The van der Waals surface area contributed by atoms with Crippen LogP contribution in [0.5, 0.6) is 5.88 Å². The lowest BCUT2D eigenvalue weighted by molar-refractivity contribution is -0.384. The van der Waals surface area contributed by atoms with E-state index in [0.29, 0.717) is 27.9 Å².